The van der Waals surface area contributed by atoms with E-state index in [1.54, 1.807) is 12.1 Å². The van der Waals surface area contributed by atoms with Crippen LogP contribution in [0.1, 0.15) is 23.7 Å². The Labute approximate surface area is 138 Å². The van der Waals surface area contributed by atoms with Crippen LogP contribution in [0.3, 0.4) is 0 Å². The largest absolute Gasteiger partial charge is 0.477 e. The second-order valence-corrected chi connectivity index (χ2v) is 5.43. The summed E-state index contributed by atoms with van der Waals surface area (Å²) in [6.45, 7) is 1.60. The van der Waals surface area contributed by atoms with Gasteiger partial charge >= 0.3 is 0 Å². The summed E-state index contributed by atoms with van der Waals surface area (Å²) < 4.78 is 18.6. The lowest BCUT2D eigenvalue weighted by molar-refractivity contribution is -0.126. The number of halogens is 1. The lowest BCUT2D eigenvalue weighted by atomic mass is 10.1. The van der Waals surface area contributed by atoms with Gasteiger partial charge in [0.15, 0.2) is 23.5 Å². The molecule has 0 spiro atoms. The molecule has 6 nitrogen and oxygen atoms in total. The van der Waals surface area contributed by atoms with E-state index in [1.807, 2.05) is 6.92 Å². The fourth-order valence-electron chi connectivity index (χ4n) is 2.50. The molecule has 7 heteroatoms. The highest BCUT2D eigenvalue weighted by Gasteiger charge is 2.35. The molecule has 1 atom stereocenters. The molecule has 1 unspecified atom stereocenters. The van der Waals surface area contributed by atoms with E-state index in [9.17, 15) is 14.0 Å². The Morgan fingerprint density at radius 2 is 2.00 bits per heavy atom. The Morgan fingerprint density at radius 1 is 1.29 bits per heavy atom. The first-order valence-corrected chi connectivity index (χ1v) is 7.53. The number of carbonyl (C=O) groups excluding carboxylic acids is 2. The van der Waals surface area contributed by atoms with Gasteiger partial charge in [0, 0.05) is 5.56 Å². The van der Waals surface area contributed by atoms with Crippen molar-refractivity contribution in [3.8, 4) is 5.75 Å². The van der Waals surface area contributed by atoms with Crippen molar-refractivity contribution >= 4 is 23.3 Å². The number of amides is 1. The molecular weight excluding hydrogens is 313 g/mol. The molecule has 1 amide bonds. The molecule has 0 bridgehead atoms. The number of carbonyl (C=O) groups is 2. The van der Waals surface area contributed by atoms with Crippen LogP contribution in [-0.2, 0) is 4.79 Å². The van der Waals surface area contributed by atoms with Gasteiger partial charge < -0.3 is 10.5 Å². The fourth-order valence-corrected chi connectivity index (χ4v) is 2.50. The van der Waals surface area contributed by atoms with Crippen molar-refractivity contribution in [1.82, 2.24) is 4.98 Å². The number of nitrogens with zero attached hydrogens (tertiary/aromatic N) is 2. The summed E-state index contributed by atoms with van der Waals surface area (Å²) in [5.41, 5.74) is 6.00. The van der Waals surface area contributed by atoms with E-state index >= 15 is 0 Å². The highest BCUT2D eigenvalue weighted by atomic mass is 19.1. The summed E-state index contributed by atoms with van der Waals surface area (Å²) in [4.78, 5) is 30.4. The average Bonchev–Trinajstić information content (AvgIpc) is 2.58. The van der Waals surface area contributed by atoms with Crippen LogP contribution in [-0.4, -0.2) is 29.3 Å². The third-order valence-electron chi connectivity index (χ3n) is 3.77. The third-order valence-corrected chi connectivity index (χ3v) is 3.77. The molecule has 24 heavy (non-hydrogen) atoms. The number of nitrogen functional groups attached to an aromatic ring is 1. The van der Waals surface area contributed by atoms with Gasteiger partial charge in [-0.15, -0.1) is 0 Å². The van der Waals surface area contributed by atoms with Gasteiger partial charge in [-0.05, 0) is 42.8 Å². The van der Waals surface area contributed by atoms with E-state index < -0.39 is 11.9 Å². The van der Waals surface area contributed by atoms with E-state index in [1.165, 1.54) is 29.2 Å². The van der Waals surface area contributed by atoms with Crippen molar-refractivity contribution in [3.63, 3.8) is 0 Å². The van der Waals surface area contributed by atoms with Gasteiger partial charge in [-0.25, -0.2) is 9.37 Å². The second-order valence-electron chi connectivity index (χ2n) is 5.43. The number of pyridine rings is 1. The smallest absolute Gasteiger partial charge is 0.269 e. The lowest BCUT2D eigenvalue weighted by Gasteiger charge is -2.32. The number of fused-ring (bicyclic) bond motifs is 1. The Bertz CT molecular complexity index is 792. The van der Waals surface area contributed by atoms with Crippen molar-refractivity contribution in [2.24, 2.45) is 0 Å². The summed E-state index contributed by atoms with van der Waals surface area (Å²) in [6, 6.07) is 8.37. The number of hydrogen-bond acceptors (Lipinski definition) is 5. The van der Waals surface area contributed by atoms with Crippen LogP contribution in [0.5, 0.6) is 5.75 Å². The Kier molecular flexibility index (Phi) is 4.16. The Balaban J connectivity index is 1.93. The van der Waals surface area contributed by atoms with Crippen LogP contribution >= 0.6 is 0 Å². The maximum absolute atomic E-state index is 13.0. The molecule has 0 aliphatic carbocycles. The topological polar surface area (TPSA) is 85.5 Å². The summed E-state index contributed by atoms with van der Waals surface area (Å²) in [5, 5.41) is 0. The molecule has 1 aromatic heterocycles. The fraction of sp³-hybridized carbons (Fsp3) is 0.235. The van der Waals surface area contributed by atoms with E-state index in [4.69, 9.17) is 10.5 Å². The number of ketones is 1. The number of aromatic nitrogens is 1. The monoisotopic (exact) mass is 329 g/mol. The number of Topliss-reactive ketones (excluding diaryl/α,β-unsaturated/α-hetero) is 1. The zero-order valence-corrected chi connectivity index (χ0v) is 13.0. The molecule has 2 aromatic rings. The standard InChI is InChI=1S/C17H16FN3O3/c1-2-13-17(23)21(16-14(24-13)7-8-15(19)20-16)9-12(22)10-3-5-11(18)6-4-10/h3-8,13H,2,9H2,1H3,(H2,19,20). The maximum atomic E-state index is 13.0. The quantitative estimate of drug-likeness (QED) is 0.869. The van der Waals surface area contributed by atoms with Gasteiger partial charge in [0.1, 0.15) is 11.6 Å². The molecule has 2 N–H and O–H groups in total. The zero-order valence-electron chi connectivity index (χ0n) is 13.0. The molecule has 3 rings (SSSR count). The van der Waals surface area contributed by atoms with Crippen molar-refractivity contribution < 1.29 is 18.7 Å². The summed E-state index contributed by atoms with van der Waals surface area (Å²) in [7, 11) is 0. The first kappa shape index (κ1) is 15.9. The number of anilines is 2. The van der Waals surface area contributed by atoms with Crippen LogP contribution in [0, 0.1) is 5.82 Å². The predicted molar refractivity (Wildman–Crippen MR) is 86.4 cm³/mol. The molecule has 0 saturated carbocycles. The number of hydrogen-bond donors (Lipinski definition) is 1. The number of ether oxygens (including phenoxy) is 1. The minimum absolute atomic E-state index is 0.215. The summed E-state index contributed by atoms with van der Waals surface area (Å²) in [6.07, 6.45) is -0.215. The van der Waals surface area contributed by atoms with Gasteiger partial charge in [0.2, 0.25) is 0 Å². The summed E-state index contributed by atoms with van der Waals surface area (Å²) >= 11 is 0. The van der Waals surface area contributed by atoms with Gasteiger partial charge in [-0.3, -0.25) is 14.5 Å². The minimum Gasteiger partial charge on any atom is -0.477 e. The van der Waals surface area contributed by atoms with Crippen molar-refractivity contribution in [2.45, 2.75) is 19.4 Å². The third kappa shape index (κ3) is 2.92. The lowest BCUT2D eigenvalue weighted by Crippen LogP contribution is -2.48. The molecule has 0 fully saturated rings. The molecule has 1 aliphatic rings. The van der Waals surface area contributed by atoms with Crippen molar-refractivity contribution in [1.29, 1.82) is 0 Å². The normalized spacial score (nSPS) is 16.5. The number of rotatable bonds is 4. The van der Waals surface area contributed by atoms with Gasteiger partial charge in [-0.2, -0.15) is 0 Å². The van der Waals surface area contributed by atoms with Crippen LogP contribution in [0.25, 0.3) is 0 Å². The first-order chi connectivity index (χ1) is 11.5. The maximum Gasteiger partial charge on any atom is 0.269 e. The van der Waals surface area contributed by atoms with Crippen LogP contribution < -0.4 is 15.4 Å². The van der Waals surface area contributed by atoms with Gasteiger partial charge in [-0.1, -0.05) is 6.92 Å². The van der Waals surface area contributed by atoms with Crippen LogP contribution in [0.4, 0.5) is 16.0 Å². The van der Waals surface area contributed by atoms with Gasteiger partial charge in [0.05, 0.1) is 6.54 Å². The molecule has 124 valence electrons. The average molecular weight is 329 g/mol. The van der Waals surface area contributed by atoms with Crippen LogP contribution in [0.2, 0.25) is 0 Å². The molecule has 1 aliphatic heterocycles. The van der Waals surface area contributed by atoms with E-state index in [-0.39, 0.29) is 29.9 Å². The Hall–Kier alpha value is -2.96. The highest BCUT2D eigenvalue weighted by Crippen LogP contribution is 2.33. The number of benzene rings is 1. The van der Waals surface area contributed by atoms with Gasteiger partial charge in [0.25, 0.3) is 5.91 Å². The van der Waals surface area contributed by atoms with E-state index in [2.05, 4.69) is 4.98 Å². The highest BCUT2D eigenvalue weighted by molar-refractivity contribution is 6.07. The molecule has 2 heterocycles. The number of nitrogens with two attached hydrogens (primary N) is 1. The van der Waals surface area contributed by atoms with E-state index in [0.717, 1.165) is 0 Å². The van der Waals surface area contributed by atoms with E-state index in [0.29, 0.717) is 17.7 Å². The predicted octanol–water partition coefficient (Wildman–Crippen LogP) is 2.19. The minimum atomic E-state index is -0.677. The molecule has 1 aromatic carbocycles. The first-order valence-electron chi connectivity index (χ1n) is 7.53. The molecule has 0 saturated heterocycles. The Morgan fingerprint density at radius 3 is 2.67 bits per heavy atom. The van der Waals surface area contributed by atoms with Crippen LogP contribution in [0.15, 0.2) is 36.4 Å². The van der Waals surface area contributed by atoms with Crippen molar-refractivity contribution in [3.05, 3.63) is 47.8 Å². The SMILES string of the molecule is CCC1Oc2ccc(N)nc2N(CC(=O)c2ccc(F)cc2)C1=O. The molecule has 0 radical (unpaired) electrons. The zero-order chi connectivity index (χ0) is 17.3. The second kappa shape index (κ2) is 6.27. The summed E-state index contributed by atoms with van der Waals surface area (Å²) in [5.74, 6) is -0.254. The van der Waals surface area contributed by atoms with Crippen molar-refractivity contribution in [2.75, 3.05) is 17.2 Å². The molecular formula is C17H16FN3O3.